The van der Waals surface area contributed by atoms with Crippen LogP contribution in [0.3, 0.4) is 0 Å². The first kappa shape index (κ1) is 31.9. The molecule has 1 saturated carbocycles. The molecule has 1 aromatic rings. The van der Waals surface area contributed by atoms with Gasteiger partial charge in [0.1, 0.15) is 17.8 Å². The van der Waals surface area contributed by atoms with E-state index < -0.39 is 0 Å². The summed E-state index contributed by atoms with van der Waals surface area (Å²) in [6.45, 7) is 17.7. The first-order chi connectivity index (χ1) is 20.1. The molecule has 3 fully saturated rings. The molecule has 1 aliphatic carbocycles. The van der Waals surface area contributed by atoms with Crippen LogP contribution in [0.2, 0.25) is 0 Å². The van der Waals surface area contributed by atoms with Gasteiger partial charge in [-0.1, -0.05) is 45.8 Å². The number of rotatable bonds is 8. The first-order valence-corrected chi connectivity index (χ1v) is 15.7. The normalized spacial score (nSPS) is 25.9. The number of hydrogen-bond donors (Lipinski definition) is 2. The summed E-state index contributed by atoms with van der Waals surface area (Å²) in [6.07, 6.45) is 9.18. The molecule has 4 rings (SSSR count). The van der Waals surface area contributed by atoms with E-state index >= 15 is 0 Å². The molecule has 0 spiro atoms. The summed E-state index contributed by atoms with van der Waals surface area (Å²) < 4.78 is 5.73. The average Bonchev–Trinajstić information content (AvgIpc) is 3.07. The second kappa shape index (κ2) is 14.0. The van der Waals surface area contributed by atoms with Crippen LogP contribution in [-0.2, 0) is 0 Å². The number of likely N-dealkylation sites (N-methyl/N-ethyl adjacent to an activating group) is 2. The summed E-state index contributed by atoms with van der Waals surface area (Å²) in [7, 11) is 5.86. The van der Waals surface area contributed by atoms with Gasteiger partial charge in [-0.25, -0.2) is 10.0 Å². The highest BCUT2D eigenvalue weighted by Crippen LogP contribution is 2.40. The highest BCUT2D eigenvalue weighted by atomic mass is 16.5. The number of anilines is 1. The van der Waals surface area contributed by atoms with E-state index in [0.29, 0.717) is 17.4 Å². The second-order valence-electron chi connectivity index (χ2n) is 12.4. The standard InChI is InChI=1S/C33H53N7O2/c1-9-29-31(40(27-14-12-11-13-15-27)23-33(5,10-2)24(3)38(29)7)35-25(4)34-28-17-16-26(22-30(28)42-8)32(41)36-39-20-18-37(6)19-21-39/h9,16-17,22,25,27,34H,3,10-15,18-21,23H2,1-2,4-8H3,(H,36,41)/b29-9+,35-31?. The molecular weight excluding hydrogens is 526 g/mol. The molecule has 2 atom stereocenters. The van der Waals surface area contributed by atoms with E-state index in [1.54, 1.807) is 13.2 Å². The Hall–Kier alpha value is -3.04. The number of carbonyl (C=O) groups is 1. The maximum Gasteiger partial charge on any atom is 0.265 e. The summed E-state index contributed by atoms with van der Waals surface area (Å²) in [5.74, 6) is 1.51. The molecule has 2 unspecified atom stereocenters. The van der Waals surface area contributed by atoms with Crippen molar-refractivity contribution in [2.45, 2.75) is 78.4 Å². The van der Waals surface area contributed by atoms with E-state index in [1.165, 1.54) is 32.1 Å². The van der Waals surface area contributed by atoms with Crippen LogP contribution in [0, 0.1) is 5.41 Å². The number of carbonyl (C=O) groups excluding carboxylic acids is 1. The monoisotopic (exact) mass is 579 g/mol. The molecule has 9 heteroatoms. The van der Waals surface area contributed by atoms with Crippen LogP contribution in [0.4, 0.5) is 5.69 Å². The zero-order valence-corrected chi connectivity index (χ0v) is 27.0. The lowest BCUT2D eigenvalue weighted by Crippen LogP contribution is -2.52. The Balaban J connectivity index is 1.58. The fraction of sp³-hybridized carbons (Fsp3) is 0.636. The summed E-state index contributed by atoms with van der Waals surface area (Å²) >= 11 is 0. The molecule has 1 amide bonds. The van der Waals surface area contributed by atoms with Crippen LogP contribution in [0.25, 0.3) is 0 Å². The Morgan fingerprint density at radius 3 is 2.50 bits per heavy atom. The number of amides is 1. The van der Waals surface area contributed by atoms with Gasteiger partial charge in [0.15, 0.2) is 0 Å². The van der Waals surface area contributed by atoms with Gasteiger partial charge >= 0.3 is 0 Å². The van der Waals surface area contributed by atoms with Crippen molar-refractivity contribution in [3.8, 4) is 5.75 Å². The molecule has 2 saturated heterocycles. The van der Waals surface area contributed by atoms with E-state index in [2.05, 4.69) is 79.9 Å². The molecule has 42 heavy (non-hydrogen) atoms. The van der Waals surface area contributed by atoms with Gasteiger partial charge in [0.05, 0.1) is 18.5 Å². The topological polar surface area (TPSA) is 75.7 Å². The van der Waals surface area contributed by atoms with Crippen molar-refractivity contribution in [1.29, 1.82) is 0 Å². The second-order valence-corrected chi connectivity index (χ2v) is 12.4. The SMILES string of the molecule is C=C1N(C)/C(=C/C)C(=NC(C)Nc2ccc(C(=O)NN3CCN(C)CC3)cc2OC)N(C2CCCCC2)CC1(C)CC. The Morgan fingerprint density at radius 2 is 1.88 bits per heavy atom. The molecule has 3 aliphatic rings. The first-order valence-electron chi connectivity index (χ1n) is 15.7. The lowest BCUT2D eigenvalue weighted by molar-refractivity contribution is 0.0662. The molecule has 0 radical (unpaired) electrons. The molecule has 9 nitrogen and oxygen atoms in total. The smallest absolute Gasteiger partial charge is 0.265 e. The van der Waals surface area contributed by atoms with Crippen molar-refractivity contribution in [3.63, 3.8) is 0 Å². The number of allylic oxidation sites excluding steroid dienone is 1. The maximum absolute atomic E-state index is 13.0. The van der Waals surface area contributed by atoms with E-state index in [1.807, 2.05) is 17.1 Å². The number of ether oxygens (including phenoxy) is 1. The molecule has 0 aromatic heterocycles. The minimum atomic E-state index is -0.229. The molecular formula is C33H53N7O2. The van der Waals surface area contributed by atoms with E-state index in [4.69, 9.17) is 9.73 Å². The highest BCUT2D eigenvalue weighted by Gasteiger charge is 2.40. The zero-order valence-electron chi connectivity index (χ0n) is 27.0. The van der Waals surface area contributed by atoms with E-state index in [-0.39, 0.29) is 17.5 Å². The van der Waals surface area contributed by atoms with Crippen LogP contribution < -0.4 is 15.5 Å². The van der Waals surface area contributed by atoms with Crippen molar-refractivity contribution in [2.24, 2.45) is 10.4 Å². The van der Waals surface area contributed by atoms with Gasteiger partial charge in [0.25, 0.3) is 5.91 Å². The number of amidine groups is 1. The maximum atomic E-state index is 13.0. The predicted molar refractivity (Wildman–Crippen MR) is 173 cm³/mol. The van der Waals surface area contributed by atoms with Crippen LogP contribution >= 0.6 is 0 Å². The third-order valence-electron chi connectivity index (χ3n) is 9.46. The van der Waals surface area contributed by atoms with E-state index in [9.17, 15) is 4.79 Å². The molecule has 2 aliphatic heterocycles. The molecule has 2 heterocycles. The minimum Gasteiger partial charge on any atom is -0.495 e. The van der Waals surface area contributed by atoms with Gasteiger partial charge < -0.3 is 24.8 Å². The van der Waals surface area contributed by atoms with Crippen molar-refractivity contribution in [2.75, 3.05) is 59.2 Å². The molecule has 1 aromatic carbocycles. The van der Waals surface area contributed by atoms with Crippen LogP contribution in [0.1, 0.15) is 76.6 Å². The van der Waals surface area contributed by atoms with Crippen molar-refractivity contribution in [1.82, 2.24) is 25.1 Å². The Labute approximate surface area is 253 Å². The number of benzene rings is 1. The lowest BCUT2D eigenvalue weighted by atomic mass is 9.82. The van der Waals surface area contributed by atoms with Crippen molar-refractivity contribution < 1.29 is 9.53 Å². The number of nitrogens with zero attached hydrogens (tertiary/aromatic N) is 5. The Morgan fingerprint density at radius 1 is 1.19 bits per heavy atom. The largest absolute Gasteiger partial charge is 0.495 e. The third kappa shape index (κ3) is 7.11. The summed E-state index contributed by atoms with van der Waals surface area (Å²) in [5.41, 5.74) is 6.60. The van der Waals surface area contributed by atoms with E-state index in [0.717, 1.165) is 62.1 Å². The zero-order chi connectivity index (χ0) is 30.4. The summed E-state index contributed by atoms with van der Waals surface area (Å²) in [4.78, 5) is 25.4. The third-order valence-corrected chi connectivity index (χ3v) is 9.46. The highest BCUT2D eigenvalue weighted by molar-refractivity contribution is 5.99. The van der Waals surface area contributed by atoms with Gasteiger partial charge in [-0.3, -0.25) is 10.2 Å². The number of hydrazine groups is 1. The Bertz CT molecular complexity index is 1170. The quantitative estimate of drug-likeness (QED) is 0.441. The van der Waals surface area contributed by atoms with Gasteiger partial charge in [0, 0.05) is 62.5 Å². The van der Waals surface area contributed by atoms with Crippen LogP contribution in [0.5, 0.6) is 5.75 Å². The van der Waals surface area contributed by atoms with Gasteiger partial charge in [-0.15, -0.1) is 0 Å². The number of hydrogen-bond acceptors (Lipinski definition) is 7. The lowest BCUT2D eigenvalue weighted by Gasteiger charge is -2.40. The van der Waals surface area contributed by atoms with Gasteiger partial charge in [0.2, 0.25) is 0 Å². The van der Waals surface area contributed by atoms with Gasteiger partial charge in [-0.05, 0) is 58.4 Å². The molecule has 0 bridgehead atoms. The molecule has 232 valence electrons. The fourth-order valence-corrected chi connectivity index (χ4v) is 6.38. The number of piperazine rings is 1. The number of nitrogens with one attached hydrogen (secondary N) is 2. The number of aliphatic imine (C=N–C) groups is 1. The number of methoxy groups -OCH3 is 1. The molecule has 2 N–H and O–H groups in total. The van der Waals surface area contributed by atoms with Crippen molar-refractivity contribution >= 4 is 17.4 Å². The minimum absolute atomic E-state index is 0.0435. The van der Waals surface area contributed by atoms with Crippen molar-refractivity contribution in [3.05, 3.63) is 47.8 Å². The Kier molecular flexibility index (Phi) is 10.6. The average molecular weight is 580 g/mol. The summed E-state index contributed by atoms with van der Waals surface area (Å²) in [5, 5.41) is 5.54. The fourth-order valence-electron chi connectivity index (χ4n) is 6.38. The predicted octanol–water partition coefficient (Wildman–Crippen LogP) is 5.16. The van der Waals surface area contributed by atoms with Gasteiger partial charge in [-0.2, -0.15) is 0 Å². The van der Waals surface area contributed by atoms with Crippen LogP contribution in [-0.4, -0.2) is 97.6 Å². The van der Waals surface area contributed by atoms with Crippen LogP contribution in [0.15, 0.2) is 47.2 Å². The summed E-state index contributed by atoms with van der Waals surface area (Å²) in [6, 6.07) is 6.03.